The van der Waals surface area contributed by atoms with E-state index in [0.717, 1.165) is 22.5 Å². The normalized spacial score (nSPS) is 11.5. The molecule has 0 saturated heterocycles. The number of aryl methyl sites for hydroxylation is 1. The van der Waals surface area contributed by atoms with E-state index in [0.29, 0.717) is 11.4 Å². The van der Waals surface area contributed by atoms with Crippen molar-refractivity contribution in [3.05, 3.63) is 102 Å². The number of nitrogens with two attached hydrogens (primary N) is 1. The molecule has 31 heavy (non-hydrogen) atoms. The third-order valence-corrected chi connectivity index (χ3v) is 5.86. The van der Waals surface area contributed by atoms with E-state index in [1.165, 1.54) is 18.2 Å². The molecule has 0 bridgehead atoms. The van der Waals surface area contributed by atoms with Crippen molar-refractivity contribution in [1.82, 2.24) is 4.57 Å². The van der Waals surface area contributed by atoms with Crippen molar-refractivity contribution >= 4 is 10.0 Å². The lowest BCUT2D eigenvalue weighted by Gasteiger charge is -2.16. The van der Waals surface area contributed by atoms with Crippen molar-refractivity contribution in [2.75, 3.05) is 0 Å². The maximum Gasteiger partial charge on any atom is 0.238 e. The van der Waals surface area contributed by atoms with Crippen molar-refractivity contribution in [2.24, 2.45) is 5.14 Å². The summed E-state index contributed by atoms with van der Waals surface area (Å²) in [5.41, 5.74) is 4.15. The number of primary sulfonamides is 1. The number of aromatic nitrogens is 1. The summed E-state index contributed by atoms with van der Waals surface area (Å²) in [7, 11) is -3.82. The monoisotopic (exact) mass is 436 g/mol. The highest BCUT2D eigenvalue weighted by atomic mass is 32.2. The summed E-state index contributed by atoms with van der Waals surface area (Å²) in [6.07, 6.45) is 0. The molecule has 0 fully saturated rings. The molecule has 3 aromatic carbocycles. The number of nitrogens with zero attached hydrogens (tertiary/aromatic N) is 1. The molecular formula is C24H21FN2O3S. The average Bonchev–Trinajstić information content (AvgIpc) is 3.14. The largest absolute Gasteiger partial charge is 0.488 e. The Balaban J connectivity index is 1.73. The van der Waals surface area contributed by atoms with Gasteiger partial charge in [-0.1, -0.05) is 30.3 Å². The van der Waals surface area contributed by atoms with Gasteiger partial charge in [0.1, 0.15) is 18.2 Å². The van der Waals surface area contributed by atoms with Crippen LogP contribution < -0.4 is 9.88 Å². The van der Waals surface area contributed by atoms with Gasteiger partial charge in [-0.15, -0.1) is 0 Å². The van der Waals surface area contributed by atoms with Crippen LogP contribution in [0.5, 0.6) is 5.75 Å². The number of para-hydroxylation sites is 1. The Hall–Kier alpha value is -3.42. The first kappa shape index (κ1) is 20.8. The molecule has 0 aliphatic rings. The van der Waals surface area contributed by atoms with Gasteiger partial charge in [-0.2, -0.15) is 0 Å². The molecule has 0 unspecified atom stereocenters. The Kier molecular flexibility index (Phi) is 5.63. The maximum absolute atomic E-state index is 13.2. The predicted molar refractivity (Wildman–Crippen MR) is 118 cm³/mol. The number of rotatable bonds is 6. The van der Waals surface area contributed by atoms with E-state index in [9.17, 15) is 12.8 Å². The van der Waals surface area contributed by atoms with Crippen molar-refractivity contribution in [2.45, 2.75) is 18.4 Å². The zero-order valence-corrected chi connectivity index (χ0v) is 17.6. The van der Waals surface area contributed by atoms with Gasteiger partial charge in [0, 0.05) is 16.9 Å². The lowest BCUT2D eigenvalue weighted by atomic mass is 10.1. The van der Waals surface area contributed by atoms with Crippen LogP contribution in [0.3, 0.4) is 0 Å². The van der Waals surface area contributed by atoms with Crippen LogP contribution in [-0.4, -0.2) is 13.0 Å². The number of ether oxygens (including phenoxy) is 1. The number of benzene rings is 3. The Labute approximate surface area is 180 Å². The van der Waals surface area contributed by atoms with Gasteiger partial charge in [-0.3, -0.25) is 0 Å². The fraction of sp³-hybridized carbons (Fsp3) is 0.0833. The van der Waals surface area contributed by atoms with Crippen LogP contribution in [0.1, 0.15) is 11.3 Å². The second-order valence-electron chi connectivity index (χ2n) is 7.15. The molecule has 0 atom stereocenters. The second kappa shape index (κ2) is 8.37. The minimum atomic E-state index is -3.82. The van der Waals surface area contributed by atoms with Gasteiger partial charge in [0.25, 0.3) is 0 Å². The lowest BCUT2D eigenvalue weighted by Crippen LogP contribution is -2.12. The topological polar surface area (TPSA) is 74.3 Å². The smallest absolute Gasteiger partial charge is 0.238 e. The van der Waals surface area contributed by atoms with E-state index in [-0.39, 0.29) is 17.3 Å². The fourth-order valence-electron chi connectivity index (χ4n) is 3.44. The summed E-state index contributed by atoms with van der Waals surface area (Å²) in [4.78, 5) is 0.0462. The maximum atomic E-state index is 13.2. The van der Waals surface area contributed by atoms with E-state index in [1.54, 1.807) is 24.3 Å². The first-order valence-corrected chi connectivity index (χ1v) is 11.2. The van der Waals surface area contributed by atoms with Crippen LogP contribution in [0, 0.1) is 12.7 Å². The van der Waals surface area contributed by atoms with Crippen LogP contribution in [0.4, 0.5) is 4.39 Å². The Morgan fingerprint density at radius 2 is 1.68 bits per heavy atom. The molecule has 0 saturated carbocycles. The second-order valence-corrected chi connectivity index (χ2v) is 8.71. The summed E-state index contributed by atoms with van der Waals surface area (Å²) in [6.45, 7) is 2.23. The molecule has 158 valence electrons. The molecule has 1 heterocycles. The van der Waals surface area contributed by atoms with E-state index < -0.39 is 10.0 Å². The molecule has 0 aliphatic carbocycles. The highest BCUT2D eigenvalue weighted by Gasteiger charge is 2.16. The number of halogens is 1. The van der Waals surface area contributed by atoms with Crippen molar-refractivity contribution in [1.29, 1.82) is 0 Å². The molecule has 0 spiro atoms. The zero-order valence-electron chi connectivity index (χ0n) is 16.8. The average molecular weight is 437 g/mol. The summed E-state index contributed by atoms with van der Waals surface area (Å²) in [5.74, 6) is 0.368. The summed E-state index contributed by atoms with van der Waals surface area (Å²) < 4.78 is 44.8. The van der Waals surface area contributed by atoms with Gasteiger partial charge in [-0.05, 0) is 67.1 Å². The van der Waals surface area contributed by atoms with Gasteiger partial charge in [0.2, 0.25) is 10.0 Å². The quantitative estimate of drug-likeness (QED) is 0.471. The standard InChI is InChI=1S/C24H21FN2O3S/c1-17-9-14-23(27(17)20-5-4-6-21(15-20)31(26,28)29)22-7-2-3-8-24(22)30-16-18-10-12-19(25)13-11-18/h2-15H,16H2,1H3,(H2,26,28,29). The number of sulfonamides is 1. The highest BCUT2D eigenvalue weighted by molar-refractivity contribution is 7.89. The number of hydrogen-bond donors (Lipinski definition) is 1. The van der Waals surface area contributed by atoms with Gasteiger partial charge in [0.15, 0.2) is 0 Å². The summed E-state index contributed by atoms with van der Waals surface area (Å²) >= 11 is 0. The summed E-state index contributed by atoms with van der Waals surface area (Å²) in [6, 6.07) is 24.2. The van der Waals surface area contributed by atoms with Crippen molar-refractivity contribution < 1.29 is 17.5 Å². The molecule has 0 aliphatic heterocycles. The number of hydrogen-bond acceptors (Lipinski definition) is 3. The van der Waals surface area contributed by atoms with Crippen molar-refractivity contribution in [3.8, 4) is 22.7 Å². The Morgan fingerprint density at radius 3 is 2.42 bits per heavy atom. The third-order valence-electron chi connectivity index (χ3n) is 4.95. The SMILES string of the molecule is Cc1ccc(-c2ccccc2OCc2ccc(F)cc2)n1-c1cccc(S(N)(=O)=O)c1. The Morgan fingerprint density at radius 1 is 0.935 bits per heavy atom. The molecular weight excluding hydrogens is 415 g/mol. The van der Waals surface area contributed by atoms with Gasteiger partial charge in [0.05, 0.1) is 10.6 Å². The summed E-state index contributed by atoms with van der Waals surface area (Å²) in [5, 5.41) is 5.31. The van der Waals surface area contributed by atoms with Gasteiger partial charge >= 0.3 is 0 Å². The van der Waals surface area contributed by atoms with Gasteiger partial charge in [-0.25, -0.2) is 17.9 Å². The molecule has 1 aromatic heterocycles. The first-order chi connectivity index (χ1) is 14.8. The lowest BCUT2D eigenvalue weighted by molar-refractivity contribution is 0.307. The molecule has 0 radical (unpaired) electrons. The third kappa shape index (κ3) is 4.52. The fourth-order valence-corrected chi connectivity index (χ4v) is 3.99. The molecule has 7 heteroatoms. The minimum absolute atomic E-state index is 0.0462. The predicted octanol–water partition coefficient (Wildman–Crippen LogP) is 4.82. The minimum Gasteiger partial charge on any atom is -0.488 e. The molecule has 2 N–H and O–H groups in total. The first-order valence-electron chi connectivity index (χ1n) is 9.61. The molecule has 0 amide bonds. The van der Waals surface area contributed by atoms with Crippen molar-refractivity contribution in [3.63, 3.8) is 0 Å². The van der Waals surface area contributed by atoms with E-state index >= 15 is 0 Å². The molecule has 5 nitrogen and oxygen atoms in total. The van der Waals surface area contributed by atoms with Gasteiger partial charge < -0.3 is 9.30 Å². The van der Waals surface area contributed by atoms with E-state index in [4.69, 9.17) is 9.88 Å². The highest BCUT2D eigenvalue weighted by Crippen LogP contribution is 2.34. The van der Waals surface area contributed by atoms with Crippen LogP contribution in [0.25, 0.3) is 16.9 Å². The van der Waals surface area contributed by atoms with E-state index in [2.05, 4.69) is 0 Å². The Bertz CT molecular complexity index is 1330. The van der Waals surface area contributed by atoms with Crippen LogP contribution in [0.2, 0.25) is 0 Å². The van der Waals surface area contributed by atoms with E-state index in [1.807, 2.05) is 54.0 Å². The van der Waals surface area contributed by atoms with Crippen LogP contribution in [-0.2, 0) is 16.6 Å². The van der Waals surface area contributed by atoms with Crippen LogP contribution >= 0.6 is 0 Å². The molecule has 4 aromatic rings. The van der Waals surface area contributed by atoms with Crippen LogP contribution in [0.15, 0.2) is 89.8 Å². The zero-order chi connectivity index (χ0) is 22.0. The molecule has 4 rings (SSSR count).